The van der Waals surface area contributed by atoms with Crippen molar-refractivity contribution in [3.8, 4) is 56.6 Å². The minimum absolute atomic E-state index is 0. The summed E-state index contributed by atoms with van der Waals surface area (Å²) in [4.78, 5) is 9.56. The largest absolute Gasteiger partial charge is 2.00 e. The minimum Gasteiger partial charge on any atom is -0.503 e. The molecule has 5 nitrogen and oxygen atoms in total. The van der Waals surface area contributed by atoms with Crippen LogP contribution in [-0.2, 0) is 21.1 Å². The van der Waals surface area contributed by atoms with Crippen molar-refractivity contribution in [1.29, 1.82) is 0 Å². The van der Waals surface area contributed by atoms with E-state index in [0.717, 1.165) is 39.0 Å². The van der Waals surface area contributed by atoms with Gasteiger partial charge in [0, 0.05) is 41.3 Å². The first kappa shape index (κ1) is 36.9. The molecular weight excluding hydrogens is 868 g/mol. The number of fused-ring (bicyclic) bond motifs is 3. The zero-order valence-corrected chi connectivity index (χ0v) is 34.0. The van der Waals surface area contributed by atoms with E-state index in [0.29, 0.717) is 11.5 Å². The Morgan fingerprint density at radius 2 is 1.21 bits per heavy atom. The van der Waals surface area contributed by atoms with Crippen LogP contribution in [0.3, 0.4) is 0 Å². The maximum absolute atomic E-state index is 6.50. The van der Waals surface area contributed by atoms with Crippen LogP contribution < -0.4 is 4.74 Å². The molecule has 3 aromatic heterocycles. The fourth-order valence-corrected chi connectivity index (χ4v) is 7.59. The number of ether oxygens (including phenoxy) is 1. The molecule has 0 aliphatic rings. The molecule has 0 spiro atoms. The Bertz CT molecular complexity index is 2750. The Kier molecular flexibility index (Phi) is 10.3. The molecule has 0 atom stereocenters. The van der Waals surface area contributed by atoms with Crippen LogP contribution in [0.5, 0.6) is 11.5 Å². The summed E-state index contributed by atoms with van der Waals surface area (Å²) in [5.74, 6) is 3.38. The summed E-state index contributed by atoms with van der Waals surface area (Å²) in [5.41, 5.74) is 11.4. The topological polar surface area (TPSA) is 44.9 Å². The number of hydrogen-bond acceptors (Lipinski definition) is 3. The molecule has 0 unspecified atom stereocenters. The number of benzene rings is 6. The van der Waals surface area contributed by atoms with Crippen LogP contribution in [0.1, 0.15) is 50.7 Å². The number of hydrogen-bond donors (Lipinski definition) is 0. The van der Waals surface area contributed by atoms with Crippen LogP contribution in [0, 0.1) is 12.1 Å². The van der Waals surface area contributed by atoms with E-state index in [1.54, 1.807) is 0 Å². The second-order valence-corrected chi connectivity index (χ2v) is 14.5. The van der Waals surface area contributed by atoms with Crippen molar-refractivity contribution in [2.45, 2.75) is 39.5 Å². The number of para-hydroxylation sites is 1. The quantitative estimate of drug-likeness (QED) is 0.136. The third-order valence-electron chi connectivity index (χ3n) is 10.3. The third kappa shape index (κ3) is 6.89. The van der Waals surface area contributed by atoms with E-state index in [4.69, 9.17) is 9.72 Å². The van der Waals surface area contributed by atoms with Gasteiger partial charge >= 0.3 is 21.1 Å². The predicted molar refractivity (Wildman–Crippen MR) is 224 cm³/mol. The average Bonchev–Trinajstić information content (AvgIpc) is 3.84. The summed E-state index contributed by atoms with van der Waals surface area (Å²) < 4.78 is 10.9. The number of imidazole rings is 1. The van der Waals surface area contributed by atoms with E-state index in [9.17, 15) is 0 Å². The van der Waals surface area contributed by atoms with Gasteiger partial charge in [-0.3, -0.25) is 4.98 Å². The summed E-state index contributed by atoms with van der Waals surface area (Å²) >= 11 is 0. The molecule has 0 aliphatic carbocycles. The Morgan fingerprint density at radius 3 is 1.93 bits per heavy atom. The minimum atomic E-state index is 0. The molecule has 0 N–H and O–H groups in total. The molecular formula is C50H40N4OPt. The number of pyridine rings is 1. The molecule has 6 aromatic carbocycles. The average molecular weight is 908 g/mol. The molecule has 56 heavy (non-hydrogen) atoms. The maximum Gasteiger partial charge on any atom is 2.00 e. The summed E-state index contributed by atoms with van der Waals surface area (Å²) in [6.07, 6.45) is 5.75. The van der Waals surface area contributed by atoms with E-state index in [-0.39, 0.29) is 32.9 Å². The first-order valence-corrected chi connectivity index (χ1v) is 18.9. The Hall–Kier alpha value is -6.03. The normalized spacial score (nSPS) is 11.4. The molecule has 0 aliphatic heterocycles. The molecule has 0 bridgehead atoms. The van der Waals surface area contributed by atoms with Gasteiger partial charge in [0.25, 0.3) is 0 Å². The zero-order valence-electron chi connectivity index (χ0n) is 31.7. The van der Waals surface area contributed by atoms with Gasteiger partial charge in [-0.2, -0.15) is 6.07 Å². The van der Waals surface area contributed by atoms with Gasteiger partial charge in [0.1, 0.15) is 5.82 Å². The van der Waals surface area contributed by atoms with Crippen LogP contribution in [0.25, 0.3) is 67.0 Å². The summed E-state index contributed by atoms with van der Waals surface area (Å²) in [6, 6.07) is 55.6. The molecule has 3 heterocycles. The molecule has 276 valence electrons. The van der Waals surface area contributed by atoms with Gasteiger partial charge in [0.05, 0.1) is 5.82 Å². The molecule has 0 radical (unpaired) electrons. The number of aromatic nitrogens is 4. The van der Waals surface area contributed by atoms with Gasteiger partial charge in [0.15, 0.2) is 0 Å². The second-order valence-electron chi connectivity index (χ2n) is 14.5. The van der Waals surface area contributed by atoms with E-state index in [1.165, 1.54) is 39.1 Å². The predicted octanol–water partition coefficient (Wildman–Crippen LogP) is 13.0. The summed E-state index contributed by atoms with van der Waals surface area (Å²) in [7, 11) is 0. The first-order valence-electron chi connectivity index (χ1n) is 18.9. The Labute approximate surface area is 342 Å². The van der Waals surface area contributed by atoms with Crippen molar-refractivity contribution in [3.63, 3.8) is 0 Å². The van der Waals surface area contributed by atoms with Crippen molar-refractivity contribution < 1.29 is 25.8 Å². The van der Waals surface area contributed by atoms with Gasteiger partial charge in [-0.1, -0.05) is 118 Å². The fraction of sp³-hybridized carbons (Fsp3) is 0.120. The summed E-state index contributed by atoms with van der Waals surface area (Å²) in [6.45, 7) is 9.07. The van der Waals surface area contributed by atoms with Gasteiger partial charge in [-0.05, 0) is 80.9 Å². The molecule has 0 saturated carbocycles. The smallest absolute Gasteiger partial charge is 0.503 e. The maximum atomic E-state index is 6.50. The standard InChI is InChI=1S/C50H40N4O.Pt/c1-33(2)44-30-39(37-22-20-36(21-23-37)35-13-6-5-7-14-35)31-45(34(3)4)49(44)53-28-27-52-50(53)38-15-12-16-40(29-38)55-41-24-25-43-42-17-8-9-18-46(42)54(47(43)32-41)48-19-10-11-26-51-48;/h5-28,30-31,33-34H,1-4H3;/q-2;+2. The summed E-state index contributed by atoms with van der Waals surface area (Å²) in [5, 5.41) is 2.23. The van der Waals surface area contributed by atoms with Gasteiger partial charge < -0.3 is 13.9 Å². The van der Waals surface area contributed by atoms with E-state index in [2.05, 4.69) is 157 Å². The van der Waals surface area contributed by atoms with Crippen LogP contribution in [0.15, 0.2) is 158 Å². The molecule has 9 aromatic rings. The molecule has 9 rings (SSSR count). The molecule has 0 fully saturated rings. The van der Waals surface area contributed by atoms with Crippen LogP contribution in [0.4, 0.5) is 0 Å². The van der Waals surface area contributed by atoms with Crippen molar-refractivity contribution in [2.24, 2.45) is 0 Å². The van der Waals surface area contributed by atoms with Crippen molar-refractivity contribution in [2.75, 3.05) is 0 Å². The van der Waals surface area contributed by atoms with E-state index in [1.807, 2.05) is 54.9 Å². The van der Waals surface area contributed by atoms with Gasteiger partial charge in [-0.25, -0.2) is 4.98 Å². The molecule has 6 heteroatoms. The van der Waals surface area contributed by atoms with E-state index >= 15 is 0 Å². The first-order chi connectivity index (χ1) is 26.9. The van der Waals surface area contributed by atoms with Crippen LogP contribution in [-0.4, -0.2) is 19.1 Å². The monoisotopic (exact) mass is 907 g/mol. The number of nitrogens with zero attached hydrogens (tertiary/aromatic N) is 4. The van der Waals surface area contributed by atoms with Crippen LogP contribution >= 0.6 is 0 Å². The van der Waals surface area contributed by atoms with Crippen molar-refractivity contribution >= 4 is 21.8 Å². The molecule has 0 saturated heterocycles. The van der Waals surface area contributed by atoms with Crippen molar-refractivity contribution in [3.05, 3.63) is 181 Å². The van der Waals surface area contributed by atoms with Gasteiger partial charge in [0.2, 0.25) is 0 Å². The number of rotatable bonds is 9. The fourth-order valence-electron chi connectivity index (χ4n) is 7.59. The van der Waals surface area contributed by atoms with Crippen molar-refractivity contribution in [1.82, 2.24) is 19.1 Å². The van der Waals surface area contributed by atoms with Crippen LogP contribution in [0.2, 0.25) is 0 Å². The Balaban J connectivity index is 0.00000441. The third-order valence-corrected chi connectivity index (χ3v) is 10.3. The molecule has 0 amide bonds. The van der Waals surface area contributed by atoms with E-state index < -0.39 is 0 Å². The zero-order chi connectivity index (χ0) is 37.5. The second kappa shape index (κ2) is 15.6. The SMILES string of the molecule is CC(C)c1cc(-c2ccc(-c3ccccc3)cc2)cc(C(C)C)c1-n1ccnc1-c1[c-]c(Oc2[c-]c3c(cc2)c2ccccc2n3-c2ccccn2)ccc1.[Pt+2]. The van der Waals surface area contributed by atoms with Gasteiger partial charge in [-0.15, -0.1) is 41.3 Å². The Morgan fingerprint density at radius 1 is 0.554 bits per heavy atom.